The molecular formula is C15H16ClN3S2. The Kier molecular flexibility index (Phi) is 6.79. The standard InChI is InChI=1S/C15H16ClN3S2/c16-14-4-2-1-3-12(14)11-21-10-9-18-15(20)19-13-5-7-17-8-6-13/h1-8H,9-11H2,(H2,17,18,19,20). The van der Waals surface area contributed by atoms with Gasteiger partial charge in [-0.25, -0.2) is 0 Å². The molecule has 0 aliphatic rings. The van der Waals surface area contributed by atoms with E-state index in [9.17, 15) is 0 Å². The van der Waals surface area contributed by atoms with E-state index >= 15 is 0 Å². The molecule has 6 heteroatoms. The van der Waals surface area contributed by atoms with Crippen LogP contribution in [-0.4, -0.2) is 22.4 Å². The van der Waals surface area contributed by atoms with Gasteiger partial charge < -0.3 is 10.6 Å². The number of thioether (sulfide) groups is 1. The van der Waals surface area contributed by atoms with Crippen LogP contribution in [0.2, 0.25) is 5.02 Å². The van der Waals surface area contributed by atoms with E-state index in [1.54, 1.807) is 12.4 Å². The zero-order valence-corrected chi connectivity index (χ0v) is 13.8. The summed E-state index contributed by atoms with van der Waals surface area (Å²) in [7, 11) is 0. The van der Waals surface area contributed by atoms with Crippen molar-refractivity contribution < 1.29 is 0 Å². The van der Waals surface area contributed by atoms with Gasteiger partial charge in [0.25, 0.3) is 0 Å². The average Bonchev–Trinajstić information content (AvgIpc) is 2.50. The second-order valence-electron chi connectivity index (χ2n) is 4.26. The highest BCUT2D eigenvalue weighted by molar-refractivity contribution is 7.98. The number of anilines is 1. The van der Waals surface area contributed by atoms with Crippen molar-refractivity contribution in [3.63, 3.8) is 0 Å². The van der Waals surface area contributed by atoms with Crippen LogP contribution in [0.15, 0.2) is 48.8 Å². The second kappa shape index (κ2) is 8.87. The summed E-state index contributed by atoms with van der Waals surface area (Å²) in [5.74, 6) is 1.87. The molecule has 0 bridgehead atoms. The highest BCUT2D eigenvalue weighted by atomic mass is 35.5. The highest BCUT2D eigenvalue weighted by Crippen LogP contribution is 2.20. The Morgan fingerprint density at radius 2 is 1.95 bits per heavy atom. The van der Waals surface area contributed by atoms with E-state index in [-0.39, 0.29) is 0 Å². The third kappa shape index (κ3) is 5.91. The molecule has 0 fully saturated rings. The van der Waals surface area contributed by atoms with Crippen LogP contribution >= 0.6 is 35.6 Å². The van der Waals surface area contributed by atoms with E-state index in [1.807, 2.05) is 42.1 Å². The molecule has 0 saturated heterocycles. The maximum atomic E-state index is 6.11. The SMILES string of the molecule is S=C(NCCSCc1ccccc1Cl)Nc1ccncc1. The van der Waals surface area contributed by atoms with Crippen molar-refractivity contribution in [3.8, 4) is 0 Å². The molecule has 1 heterocycles. The number of nitrogens with zero attached hydrogens (tertiary/aromatic N) is 1. The van der Waals surface area contributed by atoms with E-state index in [2.05, 4.69) is 21.7 Å². The third-order valence-electron chi connectivity index (χ3n) is 2.69. The molecule has 0 amide bonds. The van der Waals surface area contributed by atoms with Crippen LogP contribution in [0.3, 0.4) is 0 Å². The van der Waals surface area contributed by atoms with Gasteiger partial charge in [-0.3, -0.25) is 4.98 Å². The predicted molar refractivity (Wildman–Crippen MR) is 96.1 cm³/mol. The van der Waals surface area contributed by atoms with Gasteiger partial charge in [0.1, 0.15) is 0 Å². The highest BCUT2D eigenvalue weighted by Gasteiger charge is 2.00. The van der Waals surface area contributed by atoms with E-state index in [4.69, 9.17) is 23.8 Å². The molecule has 110 valence electrons. The molecule has 1 aromatic carbocycles. The first kappa shape index (κ1) is 16.1. The minimum atomic E-state index is 0.625. The molecule has 0 aliphatic heterocycles. The Morgan fingerprint density at radius 1 is 1.19 bits per heavy atom. The van der Waals surface area contributed by atoms with Gasteiger partial charge in [-0.05, 0) is 36.0 Å². The Bertz CT molecular complexity index is 578. The molecule has 2 N–H and O–H groups in total. The number of hydrogen-bond donors (Lipinski definition) is 2. The fraction of sp³-hybridized carbons (Fsp3) is 0.200. The molecule has 2 rings (SSSR count). The van der Waals surface area contributed by atoms with E-state index < -0.39 is 0 Å². The fourth-order valence-electron chi connectivity index (χ4n) is 1.64. The van der Waals surface area contributed by atoms with Crippen molar-refractivity contribution >= 4 is 46.4 Å². The summed E-state index contributed by atoms with van der Waals surface area (Å²) in [6.45, 7) is 0.812. The molecule has 2 aromatic rings. The number of nitrogens with one attached hydrogen (secondary N) is 2. The van der Waals surface area contributed by atoms with Crippen molar-refractivity contribution in [1.82, 2.24) is 10.3 Å². The Morgan fingerprint density at radius 3 is 2.71 bits per heavy atom. The van der Waals surface area contributed by atoms with Crippen molar-refractivity contribution in [2.45, 2.75) is 5.75 Å². The molecular weight excluding hydrogens is 322 g/mol. The van der Waals surface area contributed by atoms with Crippen LogP contribution in [-0.2, 0) is 5.75 Å². The lowest BCUT2D eigenvalue weighted by atomic mass is 10.2. The van der Waals surface area contributed by atoms with Gasteiger partial charge in [0, 0.05) is 41.2 Å². The molecule has 1 aromatic heterocycles. The van der Waals surface area contributed by atoms with Crippen LogP contribution in [0.5, 0.6) is 0 Å². The number of halogens is 1. The normalized spacial score (nSPS) is 10.1. The molecule has 0 aliphatic carbocycles. The topological polar surface area (TPSA) is 37.0 Å². The van der Waals surface area contributed by atoms with Gasteiger partial charge in [-0.15, -0.1) is 0 Å². The molecule has 0 spiro atoms. The van der Waals surface area contributed by atoms with Crippen LogP contribution in [0, 0.1) is 0 Å². The van der Waals surface area contributed by atoms with Gasteiger partial charge in [-0.2, -0.15) is 11.8 Å². The summed E-state index contributed by atoms with van der Waals surface area (Å²) in [5.41, 5.74) is 2.10. The summed E-state index contributed by atoms with van der Waals surface area (Å²) in [6.07, 6.45) is 3.45. The quantitative estimate of drug-likeness (QED) is 0.616. The fourth-order valence-corrected chi connectivity index (χ4v) is 3.01. The monoisotopic (exact) mass is 337 g/mol. The van der Waals surface area contributed by atoms with Gasteiger partial charge in [0.05, 0.1) is 0 Å². The largest absolute Gasteiger partial charge is 0.362 e. The minimum absolute atomic E-state index is 0.625. The first-order valence-electron chi connectivity index (χ1n) is 6.52. The first-order chi connectivity index (χ1) is 10.3. The number of rotatable bonds is 6. The molecule has 0 atom stereocenters. The van der Waals surface area contributed by atoms with E-state index in [0.29, 0.717) is 5.11 Å². The number of hydrogen-bond acceptors (Lipinski definition) is 3. The third-order valence-corrected chi connectivity index (χ3v) is 4.31. The van der Waals surface area contributed by atoms with Crippen LogP contribution in [0.4, 0.5) is 5.69 Å². The minimum Gasteiger partial charge on any atom is -0.362 e. The zero-order chi connectivity index (χ0) is 14.9. The maximum Gasteiger partial charge on any atom is 0.170 e. The summed E-state index contributed by atoms with van der Waals surface area (Å²) in [5, 5.41) is 7.74. The smallest absolute Gasteiger partial charge is 0.170 e. The van der Waals surface area contributed by atoms with Gasteiger partial charge >= 0.3 is 0 Å². The predicted octanol–water partition coefficient (Wildman–Crippen LogP) is 3.95. The summed E-state index contributed by atoms with van der Waals surface area (Å²) in [6, 6.07) is 11.7. The van der Waals surface area contributed by atoms with E-state index in [0.717, 1.165) is 28.8 Å². The lowest BCUT2D eigenvalue weighted by Crippen LogP contribution is -2.30. The summed E-state index contributed by atoms with van der Waals surface area (Å²) >= 11 is 13.2. The van der Waals surface area contributed by atoms with Gasteiger partial charge in [-0.1, -0.05) is 29.8 Å². The number of benzene rings is 1. The van der Waals surface area contributed by atoms with Crippen molar-refractivity contribution in [3.05, 3.63) is 59.4 Å². The molecule has 21 heavy (non-hydrogen) atoms. The summed E-state index contributed by atoms with van der Waals surface area (Å²) in [4.78, 5) is 3.96. The van der Waals surface area contributed by atoms with Crippen molar-refractivity contribution in [2.24, 2.45) is 0 Å². The average molecular weight is 338 g/mol. The maximum absolute atomic E-state index is 6.11. The lowest BCUT2D eigenvalue weighted by molar-refractivity contribution is 0.989. The second-order valence-corrected chi connectivity index (χ2v) is 6.18. The zero-order valence-electron chi connectivity index (χ0n) is 11.4. The van der Waals surface area contributed by atoms with Crippen molar-refractivity contribution in [2.75, 3.05) is 17.6 Å². The number of aromatic nitrogens is 1. The Balaban J connectivity index is 1.62. The molecule has 3 nitrogen and oxygen atoms in total. The van der Waals surface area contributed by atoms with Gasteiger partial charge in [0.15, 0.2) is 5.11 Å². The van der Waals surface area contributed by atoms with Crippen LogP contribution in [0.25, 0.3) is 0 Å². The first-order valence-corrected chi connectivity index (χ1v) is 8.46. The van der Waals surface area contributed by atoms with E-state index in [1.165, 1.54) is 5.56 Å². The van der Waals surface area contributed by atoms with Crippen molar-refractivity contribution in [1.29, 1.82) is 0 Å². The van der Waals surface area contributed by atoms with Crippen LogP contribution < -0.4 is 10.6 Å². The Hall–Kier alpha value is -1.30. The molecule has 0 saturated carbocycles. The Labute approximate surface area is 139 Å². The number of pyridine rings is 1. The number of thiocarbonyl (C=S) groups is 1. The van der Waals surface area contributed by atoms with Gasteiger partial charge in [0.2, 0.25) is 0 Å². The molecule has 0 unspecified atom stereocenters. The summed E-state index contributed by atoms with van der Waals surface area (Å²) < 4.78 is 0. The molecule has 0 radical (unpaired) electrons. The van der Waals surface area contributed by atoms with Crippen LogP contribution in [0.1, 0.15) is 5.56 Å². The lowest BCUT2D eigenvalue weighted by Gasteiger charge is -2.10.